The summed E-state index contributed by atoms with van der Waals surface area (Å²) < 4.78 is 5.68. The van der Waals surface area contributed by atoms with E-state index in [0.717, 1.165) is 41.5 Å². The Morgan fingerprint density at radius 3 is 2.21 bits per heavy atom. The van der Waals surface area contributed by atoms with Crippen molar-refractivity contribution in [3.63, 3.8) is 0 Å². The van der Waals surface area contributed by atoms with E-state index < -0.39 is 24.0 Å². The van der Waals surface area contributed by atoms with Gasteiger partial charge in [-0.2, -0.15) is 0 Å². The molecule has 2 aromatic rings. The summed E-state index contributed by atoms with van der Waals surface area (Å²) in [6.07, 6.45) is 3.76. The average molecular weight is 465 g/mol. The number of ether oxygens (including phenoxy) is 1. The maximum absolute atomic E-state index is 12.9. The maximum atomic E-state index is 12.9. The zero-order chi connectivity index (χ0) is 24.1. The molecule has 2 aliphatic carbocycles. The Hall–Kier alpha value is -3.35. The highest BCUT2D eigenvalue weighted by Gasteiger charge is 2.34. The Morgan fingerprint density at radius 1 is 0.971 bits per heavy atom. The van der Waals surface area contributed by atoms with Crippen LogP contribution in [0.4, 0.5) is 4.79 Å². The van der Waals surface area contributed by atoms with E-state index in [1.165, 1.54) is 0 Å². The van der Waals surface area contributed by atoms with Crippen LogP contribution >= 0.6 is 0 Å². The first kappa shape index (κ1) is 23.8. The summed E-state index contributed by atoms with van der Waals surface area (Å²) >= 11 is 0. The largest absolute Gasteiger partial charge is 0.480 e. The molecular formula is C27H32N2O5. The number of fused-ring (bicyclic) bond motifs is 3. The van der Waals surface area contributed by atoms with E-state index in [2.05, 4.69) is 34.9 Å². The van der Waals surface area contributed by atoms with Gasteiger partial charge in [-0.15, -0.1) is 0 Å². The van der Waals surface area contributed by atoms with E-state index in [4.69, 9.17) is 4.74 Å². The van der Waals surface area contributed by atoms with E-state index in [0.29, 0.717) is 19.3 Å². The summed E-state index contributed by atoms with van der Waals surface area (Å²) in [6, 6.07) is 15.0. The molecule has 2 aromatic carbocycles. The summed E-state index contributed by atoms with van der Waals surface area (Å²) in [5.74, 6) is -1.88. The van der Waals surface area contributed by atoms with Gasteiger partial charge in [0.1, 0.15) is 12.6 Å². The second-order valence-corrected chi connectivity index (χ2v) is 9.13. The van der Waals surface area contributed by atoms with Gasteiger partial charge in [-0.3, -0.25) is 4.79 Å². The van der Waals surface area contributed by atoms with Gasteiger partial charge in [0.05, 0.1) is 5.92 Å². The molecule has 0 aromatic heterocycles. The van der Waals surface area contributed by atoms with Gasteiger partial charge in [-0.05, 0) is 41.5 Å². The number of rotatable bonds is 7. The van der Waals surface area contributed by atoms with Gasteiger partial charge in [0.25, 0.3) is 0 Å². The van der Waals surface area contributed by atoms with Gasteiger partial charge < -0.3 is 20.5 Å². The molecule has 0 bridgehead atoms. The number of alkyl carbamates (subject to hydrolysis) is 1. The maximum Gasteiger partial charge on any atom is 0.407 e. The molecule has 2 amide bonds. The molecular weight excluding hydrogens is 432 g/mol. The van der Waals surface area contributed by atoms with Crippen molar-refractivity contribution in [1.82, 2.24) is 10.6 Å². The predicted octanol–water partition coefficient (Wildman–Crippen LogP) is 4.45. The standard InChI is InChI=1S/C27H32N2O5/c1-2-23(26(31)32)28-25(30)21-14-4-3-5-15-24(21)29-27(33)34-16-22-19-12-8-6-10-17(19)18-11-7-9-13-20(18)22/h6-13,21-24H,2-5,14-16H2,1H3,(H,28,30)(H,29,33)(H,31,32)/t21-,23?,24+/m1/s1. The smallest absolute Gasteiger partial charge is 0.407 e. The second kappa shape index (κ2) is 10.7. The predicted molar refractivity (Wildman–Crippen MR) is 128 cm³/mol. The van der Waals surface area contributed by atoms with Gasteiger partial charge in [0.15, 0.2) is 0 Å². The van der Waals surface area contributed by atoms with Crippen LogP contribution in [0.3, 0.4) is 0 Å². The number of hydrogen-bond acceptors (Lipinski definition) is 4. The molecule has 0 aliphatic heterocycles. The number of hydrogen-bond donors (Lipinski definition) is 3. The molecule has 0 spiro atoms. The van der Waals surface area contributed by atoms with Crippen LogP contribution in [0.15, 0.2) is 48.5 Å². The monoisotopic (exact) mass is 464 g/mol. The molecule has 0 heterocycles. The third kappa shape index (κ3) is 5.08. The van der Waals surface area contributed by atoms with E-state index in [-0.39, 0.29) is 24.5 Å². The first-order valence-corrected chi connectivity index (χ1v) is 12.1. The van der Waals surface area contributed by atoms with Gasteiger partial charge in [-0.25, -0.2) is 9.59 Å². The summed E-state index contributed by atoms with van der Waals surface area (Å²) in [7, 11) is 0. The molecule has 34 heavy (non-hydrogen) atoms. The van der Waals surface area contributed by atoms with Crippen molar-refractivity contribution in [2.45, 2.75) is 63.5 Å². The highest BCUT2D eigenvalue weighted by atomic mass is 16.5. The minimum Gasteiger partial charge on any atom is -0.480 e. The summed E-state index contributed by atoms with van der Waals surface area (Å²) in [5.41, 5.74) is 4.61. The Bertz CT molecular complexity index is 1010. The highest BCUT2D eigenvalue weighted by molar-refractivity contribution is 5.86. The third-order valence-electron chi connectivity index (χ3n) is 7.02. The zero-order valence-corrected chi connectivity index (χ0v) is 19.5. The minimum atomic E-state index is -1.05. The number of carbonyl (C=O) groups is 3. The van der Waals surface area contributed by atoms with Gasteiger partial charge in [0.2, 0.25) is 5.91 Å². The molecule has 7 heteroatoms. The molecule has 1 fully saturated rings. The van der Waals surface area contributed by atoms with Crippen molar-refractivity contribution >= 4 is 18.0 Å². The van der Waals surface area contributed by atoms with Gasteiger partial charge in [0, 0.05) is 12.0 Å². The quantitative estimate of drug-likeness (QED) is 0.525. The zero-order valence-electron chi connectivity index (χ0n) is 19.5. The Balaban J connectivity index is 1.41. The lowest BCUT2D eigenvalue weighted by molar-refractivity contribution is -0.142. The van der Waals surface area contributed by atoms with Crippen LogP contribution in [0, 0.1) is 5.92 Å². The van der Waals surface area contributed by atoms with Crippen molar-refractivity contribution in [3.8, 4) is 11.1 Å². The SMILES string of the molecule is CCC(NC(=O)[C@@H]1CCCCC[C@@H]1NC(=O)OCC1c2ccccc2-c2ccccc21)C(=O)O. The second-order valence-electron chi connectivity index (χ2n) is 9.13. The lowest BCUT2D eigenvalue weighted by atomic mass is 9.93. The van der Waals surface area contributed by atoms with Crippen molar-refractivity contribution in [2.75, 3.05) is 6.61 Å². The number of carboxylic acid groups (broad SMARTS) is 1. The first-order valence-electron chi connectivity index (χ1n) is 12.1. The number of aliphatic carboxylic acids is 1. The molecule has 2 aliphatic rings. The Morgan fingerprint density at radius 2 is 1.59 bits per heavy atom. The van der Waals surface area contributed by atoms with E-state index in [1.54, 1.807) is 6.92 Å². The molecule has 7 nitrogen and oxygen atoms in total. The van der Waals surface area contributed by atoms with E-state index >= 15 is 0 Å². The minimum absolute atomic E-state index is 0.0349. The number of benzene rings is 2. The molecule has 1 unspecified atom stereocenters. The fourth-order valence-electron chi connectivity index (χ4n) is 5.20. The summed E-state index contributed by atoms with van der Waals surface area (Å²) in [4.78, 5) is 37.0. The number of nitrogens with one attached hydrogen (secondary N) is 2. The van der Waals surface area contributed by atoms with Crippen molar-refractivity contribution < 1.29 is 24.2 Å². The van der Waals surface area contributed by atoms with Crippen LogP contribution in [-0.2, 0) is 14.3 Å². The van der Waals surface area contributed by atoms with Gasteiger partial charge >= 0.3 is 12.1 Å². The number of carboxylic acids is 1. The van der Waals surface area contributed by atoms with E-state index in [1.807, 2.05) is 24.3 Å². The summed E-state index contributed by atoms with van der Waals surface area (Å²) in [6.45, 7) is 1.93. The number of amides is 2. The van der Waals surface area contributed by atoms with Crippen molar-refractivity contribution in [2.24, 2.45) is 5.92 Å². The summed E-state index contributed by atoms with van der Waals surface area (Å²) in [5, 5.41) is 14.8. The van der Waals surface area contributed by atoms with Crippen LogP contribution in [0.1, 0.15) is 62.5 Å². The lowest BCUT2D eigenvalue weighted by Gasteiger charge is -2.26. The lowest BCUT2D eigenvalue weighted by Crippen LogP contribution is -2.50. The highest BCUT2D eigenvalue weighted by Crippen LogP contribution is 2.44. The van der Waals surface area contributed by atoms with Crippen LogP contribution in [-0.4, -0.2) is 41.8 Å². The Kier molecular flexibility index (Phi) is 7.50. The molecule has 180 valence electrons. The molecule has 3 atom stereocenters. The average Bonchev–Trinajstić information content (AvgIpc) is 2.97. The van der Waals surface area contributed by atoms with Crippen LogP contribution in [0.5, 0.6) is 0 Å². The molecule has 4 rings (SSSR count). The van der Waals surface area contributed by atoms with E-state index in [9.17, 15) is 19.5 Å². The van der Waals surface area contributed by atoms with Gasteiger partial charge in [-0.1, -0.05) is 74.7 Å². The molecule has 0 radical (unpaired) electrons. The fraction of sp³-hybridized carbons (Fsp3) is 0.444. The topological polar surface area (TPSA) is 105 Å². The van der Waals surface area contributed by atoms with Crippen LogP contribution in [0.2, 0.25) is 0 Å². The van der Waals surface area contributed by atoms with Crippen molar-refractivity contribution in [3.05, 3.63) is 59.7 Å². The molecule has 3 N–H and O–H groups in total. The van der Waals surface area contributed by atoms with Crippen LogP contribution in [0.25, 0.3) is 11.1 Å². The number of carbonyl (C=O) groups excluding carboxylic acids is 2. The first-order chi connectivity index (χ1) is 16.5. The normalized spacial score (nSPS) is 20.4. The molecule has 1 saturated carbocycles. The van der Waals surface area contributed by atoms with Crippen molar-refractivity contribution in [1.29, 1.82) is 0 Å². The third-order valence-corrected chi connectivity index (χ3v) is 7.02. The Labute approximate surface area is 199 Å². The molecule has 0 saturated heterocycles. The van der Waals surface area contributed by atoms with Crippen LogP contribution < -0.4 is 10.6 Å². The fourth-order valence-corrected chi connectivity index (χ4v) is 5.20.